The maximum absolute atomic E-state index is 11.6. The molecule has 0 saturated heterocycles. The van der Waals surface area contributed by atoms with Gasteiger partial charge in [0.05, 0.1) is 16.6 Å². The maximum atomic E-state index is 11.6. The van der Waals surface area contributed by atoms with Crippen molar-refractivity contribution in [3.8, 4) is 11.1 Å². The number of carboxylic acids is 1. The zero-order chi connectivity index (χ0) is 15.7. The lowest BCUT2D eigenvalue weighted by Gasteiger charge is -2.12. The van der Waals surface area contributed by atoms with Crippen molar-refractivity contribution in [2.45, 2.75) is 13.5 Å². The molecule has 0 amide bonds. The third-order valence-corrected chi connectivity index (χ3v) is 3.56. The fraction of sp³-hybridized carbons (Fsp3) is 0.188. The van der Waals surface area contributed by atoms with Gasteiger partial charge in [-0.05, 0) is 25.1 Å². The van der Waals surface area contributed by atoms with Crippen molar-refractivity contribution < 1.29 is 14.4 Å². The number of carbonyl (C=O) groups is 1. The Kier molecular flexibility index (Phi) is 3.60. The second-order valence-corrected chi connectivity index (χ2v) is 4.99. The number of nitrogens with zero attached hydrogens (tertiary/aromatic N) is 2. The average Bonchev–Trinajstić information content (AvgIpc) is 2.89. The van der Waals surface area contributed by atoms with Crippen molar-refractivity contribution in [3.05, 3.63) is 47.3 Å². The Morgan fingerprint density at radius 3 is 2.86 bits per heavy atom. The molecule has 0 spiro atoms. The number of carboxylic acid groups (broad SMARTS) is 1. The molecule has 3 rings (SSSR count). The van der Waals surface area contributed by atoms with Gasteiger partial charge < -0.3 is 14.9 Å². The summed E-state index contributed by atoms with van der Waals surface area (Å²) in [6, 6.07) is 7.68. The van der Waals surface area contributed by atoms with Gasteiger partial charge in [0.15, 0.2) is 0 Å². The number of aromatic carboxylic acids is 1. The monoisotopic (exact) mass is 297 g/mol. The maximum Gasteiger partial charge on any atom is 0.337 e. The van der Waals surface area contributed by atoms with Crippen LogP contribution in [0.4, 0.5) is 0 Å². The second-order valence-electron chi connectivity index (χ2n) is 4.99. The standard InChI is InChI=1S/C16H15N3O3/c1-9-13-14(11-6-4-3-5-10(11)7-17-2)12(16(20)21)8-18-15(13)22-19-9/h3-6,8,17H,7H2,1-2H3,(H,20,21). The van der Waals surface area contributed by atoms with Crippen LogP contribution in [-0.2, 0) is 6.54 Å². The average molecular weight is 297 g/mol. The van der Waals surface area contributed by atoms with Gasteiger partial charge >= 0.3 is 5.97 Å². The van der Waals surface area contributed by atoms with Crippen molar-refractivity contribution in [2.75, 3.05) is 7.05 Å². The lowest BCUT2D eigenvalue weighted by Crippen LogP contribution is -2.08. The number of rotatable bonds is 4. The Labute approximate surface area is 126 Å². The van der Waals surface area contributed by atoms with Gasteiger partial charge in [0, 0.05) is 18.3 Å². The molecule has 0 atom stereocenters. The summed E-state index contributed by atoms with van der Waals surface area (Å²) in [4.78, 5) is 15.7. The predicted molar refractivity (Wildman–Crippen MR) is 81.7 cm³/mol. The van der Waals surface area contributed by atoms with Crippen LogP contribution in [0.5, 0.6) is 0 Å². The van der Waals surface area contributed by atoms with E-state index in [4.69, 9.17) is 4.52 Å². The molecular weight excluding hydrogens is 282 g/mol. The van der Waals surface area contributed by atoms with Gasteiger partial charge in [-0.2, -0.15) is 0 Å². The van der Waals surface area contributed by atoms with Crippen molar-refractivity contribution >= 4 is 17.1 Å². The number of fused-ring (bicyclic) bond motifs is 1. The van der Waals surface area contributed by atoms with E-state index in [1.165, 1.54) is 6.20 Å². The summed E-state index contributed by atoms with van der Waals surface area (Å²) < 4.78 is 5.18. The Morgan fingerprint density at radius 1 is 1.36 bits per heavy atom. The molecule has 6 nitrogen and oxygen atoms in total. The van der Waals surface area contributed by atoms with E-state index in [0.717, 1.165) is 11.1 Å². The van der Waals surface area contributed by atoms with E-state index < -0.39 is 5.97 Å². The topological polar surface area (TPSA) is 88.2 Å². The number of benzene rings is 1. The highest BCUT2D eigenvalue weighted by atomic mass is 16.5. The van der Waals surface area contributed by atoms with E-state index >= 15 is 0 Å². The Balaban J connectivity index is 2.40. The van der Waals surface area contributed by atoms with E-state index in [1.54, 1.807) is 6.92 Å². The number of pyridine rings is 1. The third-order valence-electron chi connectivity index (χ3n) is 3.56. The van der Waals surface area contributed by atoms with Crippen LogP contribution in [-0.4, -0.2) is 28.3 Å². The van der Waals surface area contributed by atoms with E-state index in [0.29, 0.717) is 28.9 Å². The van der Waals surface area contributed by atoms with Crippen LogP contribution < -0.4 is 5.32 Å². The van der Waals surface area contributed by atoms with Crippen LogP contribution in [0.1, 0.15) is 21.6 Å². The largest absolute Gasteiger partial charge is 0.478 e. The first kappa shape index (κ1) is 14.2. The summed E-state index contributed by atoms with van der Waals surface area (Å²) in [5.41, 5.74) is 3.55. The van der Waals surface area contributed by atoms with Crippen molar-refractivity contribution in [2.24, 2.45) is 0 Å². The molecule has 0 bridgehead atoms. The van der Waals surface area contributed by atoms with E-state index in [-0.39, 0.29) is 5.56 Å². The summed E-state index contributed by atoms with van der Waals surface area (Å²) in [6.45, 7) is 2.41. The number of hydrogen-bond donors (Lipinski definition) is 2. The molecular formula is C16H15N3O3. The lowest BCUT2D eigenvalue weighted by molar-refractivity contribution is 0.0697. The zero-order valence-corrected chi connectivity index (χ0v) is 12.3. The fourth-order valence-electron chi connectivity index (χ4n) is 2.61. The van der Waals surface area contributed by atoms with Crippen LogP contribution in [0.25, 0.3) is 22.2 Å². The van der Waals surface area contributed by atoms with E-state index in [2.05, 4.69) is 15.5 Å². The summed E-state index contributed by atoms with van der Waals surface area (Å²) in [5, 5.41) is 17.2. The molecule has 6 heteroatoms. The second kappa shape index (κ2) is 5.57. The molecule has 3 aromatic rings. The molecule has 0 fully saturated rings. The third kappa shape index (κ3) is 2.23. The van der Waals surface area contributed by atoms with E-state index in [9.17, 15) is 9.90 Å². The molecule has 0 radical (unpaired) electrons. The first-order valence-electron chi connectivity index (χ1n) is 6.84. The van der Waals surface area contributed by atoms with Gasteiger partial charge in [-0.15, -0.1) is 0 Å². The molecule has 0 saturated carbocycles. The molecule has 0 aliphatic carbocycles. The van der Waals surface area contributed by atoms with Gasteiger partial charge in [-0.3, -0.25) is 0 Å². The van der Waals surface area contributed by atoms with Crippen molar-refractivity contribution in [3.63, 3.8) is 0 Å². The molecule has 2 aromatic heterocycles. The number of hydrogen-bond acceptors (Lipinski definition) is 5. The van der Waals surface area contributed by atoms with Crippen molar-refractivity contribution in [1.29, 1.82) is 0 Å². The minimum absolute atomic E-state index is 0.141. The lowest BCUT2D eigenvalue weighted by atomic mass is 9.93. The highest BCUT2D eigenvalue weighted by Crippen LogP contribution is 2.35. The minimum atomic E-state index is -1.02. The molecule has 2 N–H and O–H groups in total. The first-order chi connectivity index (χ1) is 10.6. The first-order valence-corrected chi connectivity index (χ1v) is 6.84. The van der Waals surface area contributed by atoms with Gasteiger partial charge in [0.1, 0.15) is 0 Å². The Hall–Kier alpha value is -2.73. The molecule has 1 aromatic carbocycles. The fourth-order valence-corrected chi connectivity index (χ4v) is 2.61. The molecule has 112 valence electrons. The van der Waals surface area contributed by atoms with Gasteiger partial charge in [0.25, 0.3) is 5.71 Å². The SMILES string of the molecule is CNCc1ccccc1-c1c(C(=O)O)cnc2onc(C)c12. The normalized spacial score (nSPS) is 11.0. The van der Waals surface area contributed by atoms with Crippen LogP contribution in [0.15, 0.2) is 35.0 Å². The van der Waals surface area contributed by atoms with E-state index in [1.807, 2.05) is 31.3 Å². The van der Waals surface area contributed by atoms with Crippen LogP contribution >= 0.6 is 0 Å². The van der Waals surface area contributed by atoms with Crippen LogP contribution in [0.3, 0.4) is 0 Å². The molecule has 2 heterocycles. The van der Waals surface area contributed by atoms with Crippen LogP contribution in [0.2, 0.25) is 0 Å². The molecule has 22 heavy (non-hydrogen) atoms. The van der Waals surface area contributed by atoms with Gasteiger partial charge in [-0.25, -0.2) is 9.78 Å². The molecule has 0 unspecified atom stereocenters. The number of aromatic nitrogens is 2. The predicted octanol–water partition coefficient (Wildman–Crippen LogP) is 2.62. The van der Waals surface area contributed by atoms with Crippen LogP contribution in [0, 0.1) is 6.92 Å². The minimum Gasteiger partial charge on any atom is -0.478 e. The van der Waals surface area contributed by atoms with Gasteiger partial charge in [-0.1, -0.05) is 29.4 Å². The number of nitrogens with one attached hydrogen (secondary N) is 1. The Morgan fingerprint density at radius 2 is 2.14 bits per heavy atom. The Bertz CT molecular complexity index is 855. The smallest absolute Gasteiger partial charge is 0.337 e. The van der Waals surface area contributed by atoms with Gasteiger partial charge in [0.2, 0.25) is 0 Å². The summed E-state index contributed by atoms with van der Waals surface area (Å²) in [7, 11) is 1.85. The highest BCUT2D eigenvalue weighted by molar-refractivity contribution is 6.06. The quantitative estimate of drug-likeness (QED) is 0.769. The zero-order valence-electron chi connectivity index (χ0n) is 12.3. The van der Waals surface area contributed by atoms with Crippen molar-refractivity contribution in [1.82, 2.24) is 15.5 Å². The summed E-state index contributed by atoms with van der Waals surface area (Å²) in [6.07, 6.45) is 1.32. The summed E-state index contributed by atoms with van der Waals surface area (Å²) in [5.74, 6) is -1.02. The summed E-state index contributed by atoms with van der Waals surface area (Å²) >= 11 is 0. The molecule has 0 aliphatic rings. The molecule has 0 aliphatic heterocycles. The number of aryl methyl sites for hydroxylation is 1. The highest BCUT2D eigenvalue weighted by Gasteiger charge is 2.22.